The first-order valence-electron chi connectivity index (χ1n) is 6.16. The average molecular weight is 327 g/mol. The SMILES string of the molecule is CNCCNC(=O)CCc1ccc(OC(F)(F)F)cc1.Cl. The Hall–Kier alpha value is -1.47. The number of carbonyl (C=O) groups excluding carboxylic acids is 1. The zero-order chi connectivity index (χ0) is 15.0. The lowest BCUT2D eigenvalue weighted by Gasteiger charge is -2.09. The number of hydrogen-bond acceptors (Lipinski definition) is 3. The molecule has 2 N–H and O–H groups in total. The molecule has 8 heteroatoms. The predicted molar refractivity (Wildman–Crippen MR) is 75.6 cm³/mol. The number of alkyl halides is 3. The van der Waals surface area contributed by atoms with Gasteiger partial charge in [-0.25, -0.2) is 0 Å². The summed E-state index contributed by atoms with van der Waals surface area (Å²) in [6.45, 7) is 1.24. The van der Waals surface area contributed by atoms with Gasteiger partial charge in [-0.3, -0.25) is 4.79 Å². The zero-order valence-corrected chi connectivity index (χ0v) is 12.3. The van der Waals surface area contributed by atoms with Gasteiger partial charge in [0.25, 0.3) is 0 Å². The highest BCUT2D eigenvalue weighted by atomic mass is 35.5. The molecule has 120 valence electrons. The van der Waals surface area contributed by atoms with E-state index >= 15 is 0 Å². The Morgan fingerprint density at radius 1 is 1.19 bits per heavy atom. The van der Waals surface area contributed by atoms with Crippen molar-refractivity contribution in [1.82, 2.24) is 10.6 Å². The number of rotatable bonds is 7. The highest BCUT2D eigenvalue weighted by Gasteiger charge is 2.30. The molecule has 0 saturated carbocycles. The summed E-state index contributed by atoms with van der Waals surface area (Å²) in [5, 5.41) is 5.62. The minimum Gasteiger partial charge on any atom is -0.406 e. The van der Waals surface area contributed by atoms with Crippen LogP contribution in [0.5, 0.6) is 5.75 Å². The van der Waals surface area contributed by atoms with Crippen molar-refractivity contribution < 1.29 is 22.7 Å². The number of ether oxygens (including phenoxy) is 1. The molecule has 0 aliphatic carbocycles. The van der Waals surface area contributed by atoms with Gasteiger partial charge in [-0.05, 0) is 31.2 Å². The van der Waals surface area contributed by atoms with Crippen LogP contribution in [0.3, 0.4) is 0 Å². The molecule has 1 rings (SSSR count). The van der Waals surface area contributed by atoms with Crippen LogP contribution in [0, 0.1) is 0 Å². The van der Waals surface area contributed by atoms with E-state index in [0.717, 1.165) is 5.56 Å². The van der Waals surface area contributed by atoms with Crippen LogP contribution in [0.2, 0.25) is 0 Å². The third-order valence-corrected chi connectivity index (χ3v) is 2.49. The number of carbonyl (C=O) groups is 1. The molecule has 0 fully saturated rings. The Bertz CT molecular complexity index is 424. The van der Waals surface area contributed by atoms with Gasteiger partial charge in [0.1, 0.15) is 5.75 Å². The summed E-state index contributed by atoms with van der Waals surface area (Å²) in [4.78, 5) is 11.4. The molecule has 0 radical (unpaired) electrons. The minimum absolute atomic E-state index is 0. The molecule has 0 bridgehead atoms. The van der Waals surface area contributed by atoms with E-state index in [-0.39, 0.29) is 24.1 Å². The molecular formula is C13H18ClF3N2O2. The fourth-order valence-electron chi connectivity index (χ4n) is 1.53. The van der Waals surface area contributed by atoms with E-state index in [1.54, 1.807) is 7.05 Å². The Balaban J connectivity index is 0.00000400. The van der Waals surface area contributed by atoms with E-state index in [0.29, 0.717) is 25.9 Å². The first-order chi connectivity index (χ1) is 9.40. The Kier molecular flexibility index (Phi) is 8.80. The van der Waals surface area contributed by atoms with Crippen molar-refractivity contribution in [2.75, 3.05) is 20.1 Å². The summed E-state index contributed by atoms with van der Waals surface area (Å²) < 4.78 is 39.7. The van der Waals surface area contributed by atoms with E-state index in [1.807, 2.05) is 0 Å². The molecule has 0 aromatic heterocycles. The van der Waals surface area contributed by atoms with Gasteiger partial charge < -0.3 is 15.4 Å². The highest BCUT2D eigenvalue weighted by molar-refractivity contribution is 5.85. The van der Waals surface area contributed by atoms with Gasteiger partial charge >= 0.3 is 6.36 Å². The molecule has 0 spiro atoms. The Morgan fingerprint density at radius 3 is 2.33 bits per heavy atom. The summed E-state index contributed by atoms with van der Waals surface area (Å²) >= 11 is 0. The summed E-state index contributed by atoms with van der Waals surface area (Å²) in [6, 6.07) is 5.51. The van der Waals surface area contributed by atoms with Gasteiger partial charge in [0, 0.05) is 19.5 Å². The van der Waals surface area contributed by atoms with E-state index in [2.05, 4.69) is 15.4 Å². The van der Waals surface area contributed by atoms with Crippen LogP contribution < -0.4 is 15.4 Å². The highest BCUT2D eigenvalue weighted by Crippen LogP contribution is 2.22. The Morgan fingerprint density at radius 2 is 1.81 bits per heavy atom. The van der Waals surface area contributed by atoms with E-state index < -0.39 is 6.36 Å². The van der Waals surface area contributed by atoms with Gasteiger partial charge in [0.15, 0.2) is 0 Å². The van der Waals surface area contributed by atoms with Crippen molar-refractivity contribution in [3.63, 3.8) is 0 Å². The number of amides is 1. The third-order valence-electron chi connectivity index (χ3n) is 2.49. The molecule has 1 aromatic rings. The van der Waals surface area contributed by atoms with Gasteiger partial charge in [0.05, 0.1) is 0 Å². The van der Waals surface area contributed by atoms with Gasteiger partial charge in [-0.2, -0.15) is 0 Å². The maximum Gasteiger partial charge on any atom is 0.573 e. The van der Waals surface area contributed by atoms with Gasteiger partial charge in [0.2, 0.25) is 5.91 Å². The second-order valence-corrected chi connectivity index (χ2v) is 4.15. The van der Waals surface area contributed by atoms with Crippen molar-refractivity contribution >= 4 is 18.3 Å². The molecular weight excluding hydrogens is 309 g/mol. The molecule has 1 amide bonds. The second-order valence-electron chi connectivity index (χ2n) is 4.15. The number of hydrogen-bond donors (Lipinski definition) is 2. The van der Waals surface area contributed by atoms with Gasteiger partial charge in [-0.15, -0.1) is 25.6 Å². The third kappa shape index (κ3) is 9.14. The monoisotopic (exact) mass is 326 g/mol. The maximum absolute atomic E-state index is 12.0. The lowest BCUT2D eigenvalue weighted by atomic mass is 10.1. The predicted octanol–water partition coefficient (Wildman–Crippen LogP) is 2.28. The van der Waals surface area contributed by atoms with Crippen LogP contribution in [0.25, 0.3) is 0 Å². The summed E-state index contributed by atoms with van der Waals surface area (Å²) in [6.07, 6.45) is -3.92. The van der Waals surface area contributed by atoms with Crippen LogP contribution in [0.4, 0.5) is 13.2 Å². The topological polar surface area (TPSA) is 50.4 Å². The molecule has 0 unspecified atom stereocenters. The standard InChI is InChI=1S/C13H17F3N2O2.ClH/c1-17-8-9-18-12(19)7-4-10-2-5-11(6-3-10)20-13(14,15)16;/h2-3,5-6,17H,4,7-9H2,1H3,(H,18,19);1H. The van der Waals surface area contributed by atoms with Crippen molar-refractivity contribution in [3.8, 4) is 5.75 Å². The van der Waals surface area contributed by atoms with Crippen molar-refractivity contribution in [3.05, 3.63) is 29.8 Å². The molecule has 21 heavy (non-hydrogen) atoms. The Labute approximate surface area is 127 Å². The van der Waals surface area contributed by atoms with Gasteiger partial charge in [-0.1, -0.05) is 12.1 Å². The fraction of sp³-hybridized carbons (Fsp3) is 0.462. The summed E-state index contributed by atoms with van der Waals surface area (Å²) in [5.74, 6) is -0.351. The van der Waals surface area contributed by atoms with Crippen LogP contribution in [-0.2, 0) is 11.2 Å². The van der Waals surface area contributed by atoms with Crippen LogP contribution in [-0.4, -0.2) is 32.4 Å². The normalized spacial score (nSPS) is 10.7. The number of aryl methyl sites for hydroxylation is 1. The van der Waals surface area contributed by atoms with E-state index in [9.17, 15) is 18.0 Å². The lowest BCUT2D eigenvalue weighted by Crippen LogP contribution is -2.30. The number of likely N-dealkylation sites (N-methyl/N-ethyl adjacent to an activating group) is 1. The number of benzene rings is 1. The fourth-order valence-corrected chi connectivity index (χ4v) is 1.53. The first kappa shape index (κ1) is 19.5. The van der Waals surface area contributed by atoms with Crippen LogP contribution in [0.15, 0.2) is 24.3 Å². The zero-order valence-electron chi connectivity index (χ0n) is 11.5. The molecule has 0 heterocycles. The second kappa shape index (κ2) is 9.46. The molecule has 0 saturated heterocycles. The largest absolute Gasteiger partial charge is 0.573 e. The minimum atomic E-state index is -4.69. The quantitative estimate of drug-likeness (QED) is 0.756. The van der Waals surface area contributed by atoms with Crippen LogP contribution in [0.1, 0.15) is 12.0 Å². The van der Waals surface area contributed by atoms with E-state index in [1.165, 1.54) is 24.3 Å². The lowest BCUT2D eigenvalue weighted by molar-refractivity contribution is -0.274. The molecule has 1 aromatic carbocycles. The van der Waals surface area contributed by atoms with Crippen molar-refractivity contribution in [1.29, 1.82) is 0 Å². The molecule has 4 nitrogen and oxygen atoms in total. The average Bonchev–Trinajstić information content (AvgIpc) is 2.36. The summed E-state index contributed by atoms with van der Waals surface area (Å²) in [5.41, 5.74) is 0.781. The van der Waals surface area contributed by atoms with Crippen molar-refractivity contribution in [2.24, 2.45) is 0 Å². The first-order valence-corrected chi connectivity index (χ1v) is 6.16. The summed E-state index contributed by atoms with van der Waals surface area (Å²) in [7, 11) is 1.79. The molecule has 0 atom stereocenters. The van der Waals surface area contributed by atoms with E-state index in [4.69, 9.17) is 0 Å². The maximum atomic E-state index is 12.0. The smallest absolute Gasteiger partial charge is 0.406 e. The number of halogens is 4. The number of nitrogens with one attached hydrogen (secondary N) is 2. The van der Waals surface area contributed by atoms with Crippen LogP contribution >= 0.6 is 12.4 Å². The van der Waals surface area contributed by atoms with Crippen molar-refractivity contribution in [2.45, 2.75) is 19.2 Å². The molecule has 0 aliphatic rings. The molecule has 0 aliphatic heterocycles.